The van der Waals surface area contributed by atoms with Crippen molar-refractivity contribution in [3.8, 4) is 10.4 Å². The van der Waals surface area contributed by atoms with Crippen LogP contribution in [-0.2, 0) is 0 Å². The van der Waals surface area contributed by atoms with Gasteiger partial charge < -0.3 is 0 Å². The third-order valence-electron chi connectivity index (χ3n) is 4.53. The Balaban J connectivity index is 2.01. The number of rotatable bonds is 1. The van der Waals surface area contributed by atoms with Crippen LogP contribution in [0.5, 0.6) is 0 Å². The fourth-order valence-corrected chi connectivity index (χ4v) is 4.44. The monoisotopic (exact) mass is 298 g/mol. The fourth-order valence-electron chi connectivity index (χ4n) is 3.53. The first-order valence-corrected chi connectivity index (χ1v) is 8.36. The van der Waals surface area contributed by atoms with Crippen LogP contribution in [0.1, 0.15) is 4.88 Å². The highest BCUT2D eigenvalue weighted by Crippen LogP contribution is 2.40. The minimum atomic E-state index is 1.33. The van der Waals surface area contributed by atoms with Crippen LogP contribution >= 0.6 is 11.3 Å². The van der Waals surface area contributed by atoms with Crippen molar-refractivity contribution in [1.29, 1.82) is 0 Å². The van der Waals surface area contributed by atoms with Gasteiger partial charge in [-0.25, -0.2) is 0 Å². The molecule has 0 fully saturated rings. The van der Waals surface area contributed by atoms with Gasteiger partial charge in [-0.2, -0.15) is 0 Å². The summed E-state index contributed by atoms with van der Waals surface area (Å²) in [5, 5.41) is 8.15. The van der Waals surface area contributed by atoms with Crippen LogP contribution in [0, 0.1) is 6.92 Å². The van der Waals surface area contributed by atoms with Gasteiger partial charge in [0.25, 0.3) is 0 Å². The maximum atomic E-state index is 2.29. The molecule has 0 radical (unpaired) electrons. The molecule has 5 rings (SSSR count). The summed E-state index contributed by atoms with van der Waals surface area (Å²) in [6.45, 7) is 2.17. The Kier molecular flexibility index (Phi) is 2.39. The van der Waals surface area contributed by atoms with E-state index in [9.17, 15) is 0 Å². The Hall–Kier alpha value is -2.38. The van der Waals surface area contributed by atoms with E-state index in [1.165, 1.54) is 47.6 Å². The normalized spacial score (nSPS) is 11.9. The average Bonchev–Trinajstić information content (AvgIpc) is 2.99. The standard InChI is InChI=1S/C21H14S/c1-13-5-12-19(22-13)17-10-8-16-7-6-14-3-2-4-15-9-11-18(17)21(16)20(14)15/h2-12H,1H3. The number of hydrogen-bond donors (Lipinski definition) is 0. The molecule has 0 aliphatic carbocycles. The first kappa shape index (κ1) is 12.2. The zero-order valence-electron chi connectivity index (χ0n) is 12.3. The van der Waals surface area contributed by atoms with E-state index in [0.717, 1.165) is 0 Å². The second-order valence-corrected chi connectivity index (χ2v) is 7.17. The molecule has 5 aromatic rings. The van der Waals surface area contributed by atoms with E-state index in [1.807, 2.05) is 11.3 Å². The van der Waals surface area contributed by atoms with Crippen LogP contribution < -0.4 is 0 Å². The van der Waals surface area contributed by atoms with Crippen LogP contribution in [0.3, 0.4) is 0 Å². The highest BCUT2D eigenvalue weighted by atomic mass is 32.1. The molecule has 0 saturated carbocycles. The largest absolute Gasteiger partial charge is 0.141 e. The van der Waals surface area contributed by atoms with Gasteiger partial charge in [0, 0.05) is 9.75 Å². The second kappa shape index (κ2) is 4.31. The molecular weight excluding hydrogens is 284 g/mol. The summed E-state index contributed by atoms with van der Waals surface area (Å²) in [5.41, 5.74) is 1.35. The van der Waals surface area contributed by atoms with Gasteiger partial charge in [0.05, 0.1) is 0 Å². The van der Waals surface area contributed by atoms with Gasteiger partial charge in [-0.05, 0) is 56.9 Å². The molecule has 0 bridgehead atoms. The molecule has 0 nitrogen and oxygen atoms in total. The van der Waals surface area contributed by atoms with E-state index in [1.54, 1.807) is 0 Å². The molecule has 104 valence electrons. The summed E-state index contributed by atoms with van der Waals surface area (Å²) in [6, 6.07) is 24.6. The molecule has 0 N–H and O–H groups in total. The van der Waals surface area contributed by atoms with Crippen LogP contribution in [0.15, 0.2) is 66.7 Å². The summed E-state index contributed by atoms with van der Waals surface area (Å²) in [7, 11) is 0. The number of aryl methyl sites for hydroxylation is 1. The second-order valence-electron chi connectivity index (χ2n) is 5.88. The average molecular weight is 298 g/mol. The Bertz CT molecular complexity index is 1120. The Morgan fingerprint density at radius 1 is 0.636 bits per heavy atom. The zero-order valence-corrected chi connectivity index (χ0v) is 13.1. The Morgan fingerprint density at radius 2 is 1.32 bits per heavy atom. The first-order chi connectivity index (χ1) is 10.8. The van der Waals surface area contributed by atoms with Crippen LogP contribution in [-0.4, -0.2) is 0 Å². The third-order valence-corrected chi connectivity index (χ3v) is 5.57. The number of hydrogen-bond acceptors (Lipinski definition) is 1. The molecule has 22 heavy (non-hydrogen) atoms. The number of thiophene rings is 1. The van der Waals surface area contributed by atoms with Crippen LogP contribution in [0.4, 0.5) is 0 Å². The van der Waals surface area contributed by atoms with Crippen molar-refractivity contribution in [3.05, 3.63) is 71.6 Å². The molecule has 1 heterocycles. The number of benzene rings is 4. The van der Waals surface area contributed by atoms with Crippen LogP contribution in [0.2, 0.25) is 0 Å². The van der Waals surface area contributed by atoms with E-state index in [4.69, 9.17) is 0 Å². The van der Waals surface area contributed by atoms with Gasteiger partial charge in [0.15, 0.2) is 0 Å². The van der Waals surface area contributed by atoms with E-state index >= 15 is 0 Å². The van der Waals surface area contributed by atoms with Gasteiger partial charge in [-0.1, -0.05) is 54.6 Å². The molecule has 1 heteroatoms. The van der Waals surface area contributed by atoms with E-state index in [0.29, 0.717) is 0 Å². The lowest BCUT2D eigenvalue weighted by atomic mass is 9.91. The van der Waals surface area contributed by atoms with Crippen molar-refractivity contribution >= 4 is 43.7 Å². The minimum Gasteiger partial charge on any atom is -0.141 e. The summed E-state index contributed by atoms with van der Waals surface area (Å²) >= 11 is 1.87. The van der Waals surface area contributed by atoms with Crippen molar-refractivity contribution in [1.82, 2.24) is 0 Å². The van der Waals surface area contributed by atoms with Gasteiger partial charge in [-0.15, -0.1) is 11.3 Å². The predicted octanol–water partition coefficient (Wildman–Crippen LogP) is 6.62. The van der Waals surface area contributed by atoms with Crippen molar-refractivity contribution in [3.63, 3.8) is 0 Å². The molecule has 0 atom stereocenters. The summed E-state index contributed by atoms with van der Waals surface area (Å²) < 4.78 is 0. The molecule has 0 amide bonds. The highest BCUT2D eigenvalue weighted by molar-refractivity contribution is 7.15. The minimum absolute atomic E-state index is 1.33. The molecule has 0 spiro atoms. The van der Waals surface area contributed by atoms with Crippen molar-refractivity contribution in [2.75, 3.05) is 0 Å². The summed E-state index contributed by atoms with van der Waals surface area (Å²) in [4.78, 5) is 2.72. The molecule has 0 aliphatic heterocycles. The van der Waals surface area contributed by atoms with Gasteiger partial charge in [-0.3, -0.25) is 0 Å². The summed E-state index contributed by atoms with van der Waals surface area (Å²) in [6.07, 6.45) is 0. The molecule has 0 saturated heterocycles. The molecule has 0 aliphatic rings. The van der Waals surface area contributed by atoms with Crippen molar-refractivity contribution in [2.45, 2.75) is 6.92 Å². The van der Waals surface area contributed by atoms with Crippen molar-refractivity contribution in [2.24, 2.45) is 0 Å². The molecule has 4 aromatic carbocycles. The maximum absolute atomic E-state index is 2.29. The third kappa shape index (κ3) is 1.57. The lowest BCUT2D eigenvalue weighted by molar-refractivity contribution is 1.64. The predicted molar refractivity (Wildman–Crippen MR) is 98.2 cm³/mol. The maximum Gasteiger partial charge on any atom is 0.0351 e. The summed E-state index contributed by atoms with van der Waals surface area (Å²) in [5.74, 6) is 0. The first-order valence-electron chi connectivity index (χ1n) is 7.54. The Morgan fingerprint density at radius 3 is 2.05 bits per heavy atom. The lowest BCUT2D eigenvalue weighted by Crippen LogP contribution is -1.85. The van der Waals surface area contributed by atoms with Gasteiger partial charge in [0.1, 0.15) is 0 Å². The van der Waals surface area contributed by atoms with E-state index < -0.39 is 0 Å². The van der Waals surface area contributed by atoms with E-state index in [-0.39, 0.29) is 0 Å². The topological polar surface area (TPSA) is 0 Å². The van der Waals surface area contributed by atoms with E-state index in [2.05, 4.69) is 73.7 Å². The van der Waals surface area contributed by atoms with Gasteiger partial charge in [0.2, 0.25) is 0 Å². The SMILES string of the molecule is Cc1ccc(-c2ccc3ccc4cccc5ccc2c3c45)s1. The molecule has 1 aromatic heterocycles. The molecular formula is C21H14S. The fraction of sp³-hybridized carbons (Fsp3) is 0.0476. The highest BCUT2D eigenvalue weighted by Gasteiger charge is 2.12. The van der Waals surface area contributed by atoms with Gasteiger partial charge >= 0.3 is 0 Å². The zero-order chi connectivity index (χ0) is 14.7. The van der Waals surface area contributed by atoms with Crippen molar-refractivity contribution < 1.29 is 0 Å². The van der Waals surface area contributed by atoms with Crippen LogP contribution in [0.25, 0.3) is 42.8 Å². The Labute approximate surface area is 133 Å². The smallest absolute Gasteiger partial charge is 0.0351 e. The molecule has 0 unspecified atom stereocenters. The lowest BCUT2D eigenvalue weighted by Gasteiger charge is -2.13. The quantitative estimate of drug-likeness (QED) is 0.305.